The molecule has 1 aliphatic carbocycles. The molecule has 0 saturated heterocycles. The molecule has 0 atom stereocenters. The quantitative estimate of drug-likeness (QED) is 0.680. The zero-order chi connectivity index (χ0) is 11.1. The lowest BCUT2D eigenvalue weighted by Gasteiger charge is -2.28. The zero-order valence-electron chi connectivity index (χ0n) is 9.07. The van der Waals surface area contributed by atoms with Crippen LogP contribution in [-0.4, -0.2) is 43.7 Å². The highest BCUT2D eigenvalue weighted by molar-refractivity contribution is 5.64. The van der Waals surface area contributed by atoms with Crippen molar-refractivity contribution in [3.8, 4) is 0 Å². The predicted octanol–water partition coefficient (Wildman–Crippen LogP) is 1.23. The van der Waals surface area contributed by atoms with Crippen molar-refractivity contribution in [3.63, 3.8) is 0 Å². The first-order valence-corrected chi connectivity index (χ1v) is 5.32. The minimum Gasteiger partial charge on any atom is -0.465 e. The van der Waals surface area contributed by atoms with Gasteiger partial charge in [0, 0.05) is 13.2 Å². The minimum atomic E-state index is -0.932. The van der Waals surface area contributed by atoms with E-state index in [1.54, 1.807) is 7.11 Å². The summed E-state index contributed by atoms with van der Waals surface area (Å²) in [6.07, 6.45) is 2.92. The summed E-state index contributed by atoms with van der Waals surface area (Å²) in [7, 11) is 1.65. The van der Waals surface area contributed by atoms with Gasteiger partial charge in [-0.05, 0) is 25.7 Å². The molecule has 2 N–H and O–H groups in total. The molecule has 0 spiro atoms. The maximum absolute atomic E-state index is 10.4. The van der Waals surface area contributed by atoms with Gasteiger partial charge in [0.25, 0.3) is 0 Å². The van der Waals surface area contributed by atoms with Gasteiger partial charge in [-0.2, -0.15) is 0 Å². The summed E-state index contributed by atoms with van der Waals surface area (Å²) >= 11 is 0. The summed E-state index contributed by atoms with van der Waals surface area (Å²) in [5.41, 5.74) is 0. The highest BCUT2D eigenvalue weighted by Crippen LogP contribution is 2.20. The van der Waals surface area contributed by atoms with Crippen LogP contribution in [0.3, 0.4) is 0 Å². The summed E-state index contributed by atoms with van der Waals surface area (Å²) in [6, 6.07) is 0.102. The van der Waals surface area contributed by atoms with Crippen LogP contribution in [-0.2, 0) is 9.47 Å². The molecule has 0 radical (unpaired) electrons. The van der Waals surface area contributed by atoms with Crippen LogP contribution in [0, 0.1) is 0 Å². The van der Waals surface area contributed by atoms with Gasteiger partial charge in [0.1, 0.15) is 0 Å². The fourth-order valence-corrected chi connectivity index (χ4v) is 1.85. The average Bonchev–Trinajstić information content (AvgIpc) is 2.20. The van der Waals surface area contributed by atoms with Crippen LogP contribution in [0.5, 0.6) is 0 Å². The Balaban J connectivity index is 2.10. The summed E-state index contributed by atoms with van der Waals surface area (Å²) in [5.74, 6) is 0. The van der Waals surface area contributed by atoms with E-state index in [9.17, 15) is 4.79 Å². The van der Waals surface area contributed by atoms with Crippen LogP contribution < -0.4 is 5.32 Å². The van der Waals surface area contributed by atoms with Gasteiger partial charge in [-0.15, -0.1) is 0 Å². The van der Waals surface area contributed by atoms with Crippen LogP contribution in [0.15, 0.2) is 0 Å². The molecule has 1 rings (SSSR count). The Hall–Kier alpha value is -0.810. The molecule has 1 amide bonds. The molecule has 0 bridgehead atoms. The van der Waals surface area contributed by atoms with Gasteiger partial charge in [-0.1, -0.05) is 0 Å². The van der Waals surface area contributed by atoms with Crippen molar-refractivity contribution in [1.82, 2.24) is 5.32 Å². The number of rotatable bonds is 5. The Labute approximate surface area is 89.8 Å². The number of methoxy groups -OCH3 is 1. The number of hydrogen-bond donors (Lipinski definition) is 2. The fraction of sp³-hybridized carbons (Fsp3) is 0.900. The van der Waals surface area contributed by atoms with E-state index in [-0.39, 0.29) is 12.1 Å². The second-order valence-corrected chi connectivity index (χ2v) is 3.79. The van der Waals surface area contributed by atoms with E-state index in [0.29, 0.717) is 13.2 Å². The molecule has 0 aromatic rings. The number of ether oxygens (including phenoxy) is 2. The van der Waals surface area contributed by atoms with Crippen molar-refractivity contribution < 1.29 is 19.4 Å². The molecular weight excluding hydrogens is 198 g/mol. The fourth-order valence-electron chi connectivity index (χ4n) is 1.85. The maximum Gasteiger partial charge on any atom is 0.404 e. The van der Waals surface area contributed by atoms with Crippen LogP contribution in [0.4, 0.5) is 4.79 Å². The van der Waals surface area contributed by atoms with Crippen LogP contribution in [0.1, 0.15) is 25.7 Å². The highest BCUT2D eigenvalue weighted by Gasteiger charge is 2.22. The topological polar surface area (TPSA) is 67.8 Å². The molecule has 1 fully saturated rings. The first-order valence-electron chi connectivity index (χ1n) is 5.32. The molecular formula is C10H19NO4. The third-order valence-electron chi connectivity index (χ3n) is 2.64. The van der Waals surface area contributed by atoms with Gasteiger partial charge < -0.3 is 19.9 Å². The van der Waals surface area contributed by atoms with Crippen LogP contribution in [0.2, 0.25) is 0 Å². The number of amides is 1. The minimum absolute atomic E-state index is 0.102. The van der Waals surface area contributed by atoms with Gasteiger partial charge >= 0.3 is 6.09 Å². The van der Waals surface area contributed by atoms with E-state index < -0.39 is 6.09 Å². The lowest BCUT2D eigenvalue weighted by Crippen LogP contribution is -2.38. The summed E-state index contributed by atoms with van der Waals surface area (Å²) in [4.78, 5) is 10.4. The smallest absolute Gasteiger partial charge is 0.404 e. The Morgan fingerprint density at radius 2 is 2.00 bits per heavy atom. The molecule has 0 aromatic carbocycles. The molecule has 1 saturated carbocycles. The molecule has 88 valence electrons. The van der Waals surface area contributed by atoms with Gasteiger partial charge in [0.2, 0.25) is 0 Å². The largest absolute Gasteiger partial charge is 0.465 e. The number of carboxylic acid groups (broad SMARTS) is 1. The Bertz CT molecular complexity index is 190. The number of hydrogen-bond acceptors (Lipinski definition) is 3. The monoisotopic (exact) mass is 217 g/mol. The van der Waals surface area contributed by atoms with Gasteiger partial charge in [-0.3, -0.25) is 0 Å². The normalized spacial score (nSPS) is 26.2. The van der Waals surface area contributed by atoms with Crippen LogP contribution in [0.25, 0.3) is 0 Å². The standard InChI is InChI=1S/C10H19NO4/c1-14-6-7-15-9-4-2-8(3-5-9)11-10(12)13/h8-9,11H,2-7H2,1H3,(H,12,13). The summed E-state index contributed by atoms with van der Waals surface area (Å²) in [6.45, 7) is 1.24. The average molecular weight is 217 g/mol. The van der Waals surface area contributed by atoms with Crippen molar-refractivity contribution >= 4 is 6.09 Å². The van der Waals surface area contributed by atoms with Crippen molar-refractivity contribution in [3.05, 3.63) is 0 Å². The van der Waals surface area contributed by atoms with E-state index >= 15 is 0 Å². The van der Waals surface area contributed by atoms with Crippen molar-refractivity contribution in [1.29, 1.82) is 0 Å². The van der Waals surface area contributed by atoms with Gasteiger partial charge in [0.05, 0.1) is 19.3 Å². The Morgan fingerprint density at radius 3 is 2.53 bits per heavy atom. The molecule has 15 heavy (non-hydrogen) atoms. The molecule has 5 nitrogen and oxygen atoms in total. The van der Waals surface area contributed by atoms with Crippen molar-refractivity contribution in [2.24, 2.45) is 0 Å². The second kappa shape index (κ2) is 6.63. The van der Waals surface area contributed by atoms with E-state index in [4.69, 9.17) is 14.6 Å². The lowest BCUT2D eigenvalue weighted by molar-refractivity contribution is -0.00403. The summed E-state index contributed by atoms with van der Waals surface area (Å²) < 4.78 is 10.5. The molecule has 1 aliphatic rings. The molecule has 0 aromatic heterocycles. The molecule has 0 aliphatic heterocycles. The van der Waals surface area contributed by atoms with E-state index in [2.05, 4.69) is 5.32 Å². The van der Waals surface area contributed by atoms with Gasteiger partial charge in [0.15, 0.2) is 0 Å². The van der Waals surface area contributed by atoms with E-state index in [0.717, 1.165) is 25.7 Å². The molecule has 0 unspecified atom stereocenters. The van der Waals surface area contributed by atoms with Gasteiger partial charge in [-0.25, -0.2) is 4.79 Å². The van der Waals surface area contributed by atoms with E-state index in [1.807, 2.05) is 0 Å². The molecule has 5 heteroatoms. The third kappa shape index (κ3) is 4.99. The van der Waals surface area contributed by atoms with Crippen molar-refractivity contribution in [2.45, 2.75) is 37.8 Å². The SMILES string of the molecule is COCCOC1CCC(NC(=O)O)CC1. The van der Waals surface area contributed by atoms with Crippen LogP contribution >= 0.6 is 0 Å². The second-order valence-electron chi connectivity index (χ2n) is 3.79. The Kier molecular flexibility index (Phi) is 5.42. The number of carbonyl (C=O) groups is 1. The first-order chi connectivity index (χ1) is 7.22. The zero-order valence-corrected chi connectivity index (χ0v) is 9.07. The molecule has 0 heterocycles. The number of nitrogens with one attached hydrogen (secondary N) is 1. The lowest BCUT2D eigenvalue weighted by atomic mass is 9.93. The highest BCUT2D eigenvalue weighted by atomic mass is 16.5. The maximum atomic E-state index is 10.4. The Morgan fingerprint density at radius 1 is 1.33 bits per heavy atom. The van der Waals surface area contributed by atoms with Crippen molar-refractivity contribution in [2.75, 3.05) is 20.3 Å². The first kappa shape index (κ1) is 12.3. The third-order valence-corrected chi connectivity index (χ3v) is 2.64. The predicted molar refractivity (Wildman–Crippen MR) is 55.0 cm³/mol. The van der Waals surface area contributed by atoms with E-state index in [1.165, 1.54) is 0 Å². The summed E-state index contributed by atoms with van der Waals surface area (Å²) in [5, 5.41) is 11.1.